The van der Waals surface area contributed by atoms with Crippen molar-refractivity contribution in [3.63, 3.8) is 0 Å². The number of fused-ring (bicyclic) bond motifs is 7. The number of rotatable bonds is 17. The van der Waals surface area contributed by atoms with E-state index >= 15 is 38.4 Å². The number of guanidine groups is 1. The lowest BCUT2D eigenvalue weighted by Gasteiger charge is -2.28. The summed E-state index contributed by atoms with van der Waals surface area (Å²) in [6.07, 6.45) is 5.76. The maximum absolute atomic E-state index is 15.7. The standard InChI is InChI=1S/C77H91N19O12S2/c1-42-23-65(98)50-31-66(99)46(26-48-33-84-55-19-11-9-17-53(48)55)29-67(100)57(21-22-68(78)79)90-71(103)59(25-45-15-7-4-8-16-45)93-74(106)61(32-52-36-83-41-88-52)91-69(101)43(2)89-76(108)63(39-110-109-38-50)96-73(105)60(28-49-34-85-56-20-12-10-18-54(49)56)94-75(107)62(37-86-77(80)81)95-72(104)58(24-44-13-5-3-6-14-44)92-70(102)47(30-64(42)97)27-51-35-82-40-87-51/h3-20,33-36,40-43,46-47,50,57-63,84-85H,21-32,37-39H2,1-2H3,(H3,78,79)(H,82,87)(H,83,88)(H,89,108)(H,90,103)(H,91,101)(H,92,102)(H,93,106)(H,94,107)(H,95,104)(H,96,105)(H4,80,81,86)/t42-,43+,46-,47-,50+,57+,58-,59-,60+,61+,62+,63+/m1/s1. The van der Waals surface area contributed by atoms with Crippen molar-refractivity contribution >= 4 is 126 Å². The number of aromatic amines is 4. The molecule has 2 aliphatic heterocycles. The first-order valence-corrected chi connectivity index (χ1v) is 38.7. The Kier molecular flexibility index (Phi) is 28.6. The highest BCUT2D eigenvalue weighted by atomic mass is 33.1. The molecule has 8 amide bonds. The second-order valence-electron chi connectivity index (χ2n) is 27.8. The summed E-state index contributed by atoms with van der Waals surface area (Å²) < 4.78 is 0. The molecule has 0 aliphatic carbocycles. The van der Waals surface area contributed by atoms with Crippen molar-refractivity contribution in [3.8, 4) is 0 Å². The van der Waals surface area contributed by atoms with Crippen LogP contribution in [0.15, 0.2) is 147 Å². The van der Waals surface area contributed by atoms with Crippen LogP contribution in [0.3, 0.4) is 0 Å². The van der Waals surface area contributed by atoms with Crippen molar-refractivity contribution in [2.75, 3.05) is 18.1 Å². The van der Waals surface area contributed by atoms with E-state index in [1.54, 1.807) is 97.3 Å². The Labute approximate surface area is 641 Å². The van der Waals surface area contributed by atoms with E-state index in [9.17, 15) is 19.2 Å². The number of amides is 8. The SMILES string of the molecule is C[C@@H]1CC(=O)[C@@H]2CSSC[C@H](NC(=O)[C@H](Cc3c[nH]c4ccccc34)NC(=O)[C@H](CNC(=N)N)NC(=O)[C@@H](Cc3ccccc3)NC(=O)[C@H](Cc3c[nH]cn3)CC1=O)C(=O)N[C@@H](C)C(=O)N[C@@H](Cc1c[nH]cn1)C(=O)N[C@H](Cc1ccccc1)C(=O)N[C@@H](CCC(=N)N)C(=O)C[C@@H](Cc1c[nH]c3ccccc13)C(=O)C2. The number of hydrogen-bond donors (Lipinski definition) is 17. The number of hydrogen-bond acceptors (Lipinski definition) is 18. The fourth-order valence-corrected chi connectivity index (χ4v) is 15.8. The largest absolute Gasteiger partial charge is 0.388 e. The van der Waals surface area contributed by atoms with Crippen LogP contribution in [0.1, 0.15) is 86.0 Å². The molecule has 2 bridgehead atoms. The van der Waals surface area contributed by atoms with E-state index in [2.05, 4.69) is 77.8 Å². The number of carbonyl (C=O) groups excluding carboxylic acids is 12. The van der Waals surface area contributed by atoms with Crippen LogP contribution in [0.4, 0.5) is 0 Å². The van der Waals surface area contributed by atoms with Gasteiger partial charge in [-0.1, -0.05) is 126 Å². The lowest BCUT2D eigenvalue weighted by atomic mass is 9.82. The number of H-pyrrole nitrogens is 4. The number of nitrogens with two attached hydrogens (primary N) is 2. The zero-order valence-corrected chi connectivity index (χ0v) is 62.3. The number of nitrogens with zero attached hydrogens (tertiary/aromatic N) is 2. The normalized spacial score (nSPS) is 24.2. The molecular weight excluding hydrogens is 1450 g/mol. The summed E-state index contributed by atoms with van der Waals surface area (Å²) in [5.41, 5.74) is 16.1. The Morgan fingerprint density at radius 3 is 1.50 bits per heavy atom. The number of imidazole rings is 2. The number of aromatic nitrogens is 6. The van der Waals surface area contributed by atoms with Gasteiger partial charge in [0.25, 0.3) is 0 Å². The molecule has 10 rings (SSSR count). The Bertz CT molecular complexity index is 4320. The summed E-state index contributed by atoms with van der Waals surface area (Å²) in [6.45, 7) is 2.31. The molecule has 4 aromatic heterocycles. The van der Waals surface area contributed by atoms with Gasteiger partial charge in [0.2, 0.25) is 47.3 Å². The minimum Gasteiger partial charge on any atom is -0.388 e. The molecule has 2 saturated heterocycles. The van der Waals surface area contributed by atoms with E-state index in [-0.39, 0.29) is 68.7 Å². The lowest BCUT2D eigenvalue weighted by molar-refractivity contribution is -0.136. The molecule has 0 saturated carbocycles. The van der Waals surface area contributed by atoms with E-state index in [1.165, 1.54) is 38.9 Å². The number of benzene rings is 4. The number of carbonyl (C=O) groups is 12. The summed E-state index contributed by atoms with van der Waals surface area (Å²) in [4.78, 5) is 202. The van der Waals surface area contributed by atoms with Crippen LogP contribution < -0.4 is 59.3 Å². The quantitative estimate of drug-likeness (QED) is 0.0354. The lowest BCUT2D eigenvalue weighted by Crippen LogP contribution is -2.62. The van der Waals surface area contributed by atoms with E-state index in [4.69, 9.17) is 22.3 Å². The topological polar surface area (TPSA) is 502 Å². The molecule has 31 nitrogen and oxygen atoms in total. The van der Waals surface area contributed by atoms with Crippen molar-refractivity contribution in [1.29, 1.82) is 10.8 Å². The molecule has 110 heavy (non-hydrogen) atoms. The highest BCUT2D eigenvalue weighted by Crippen LogP contribution is 2.32. The molecule has 0 spiro atoms. The van der Waals surface area contributed by atoms with Gasteiger partial charge in [-0.2, -0.15) is 0 Å². The monoisotopic (exact) mass is 1540 g/mol. The van der Waals surface area contributed by atoms with Crippen molar-refractivity contribution in [3.05, 3.63) is 180 Å². The Morgan fingerprint density at radius 2 is 0.927 bits per heavy atom. The Balaban J connectivity index is 1.08. The first-order valence-electron chi connectivity index (χ1n) is 36.2. The van der Waals surface area contributed by atoms with Crippen LogP contribution in [0.2, 0.25) is 0 Å². The molecule has 0 radical (unpaired) electrons. The number of nitrogens with one attached hydrogen (secondary N) is 15. The summed E-state index contributed by atoms with van der Waals surface area (Å²) in [5.74, 6) is -15.7. The smallest absolute Gasteiger partial charge is 0.245 e. The second-order valence-corrected chi connectivity index (χ2v) is 30.3. The summed E-state index contributed by atoms with van der Waals surface area (Å²) in [7, 11) is 2.03. The zero-order valence-electron chi connectivity index (χ0n) is 60.7. The first-order chi connectivity index (χ1) is 52.9. The highest BCUT2D eigenvalue weighted by molar-refractivity contribution is 8.76. The van der Waals surface area contributed by atoms with E-state index in [0.29, 0.717) is 44.5 Å². The van der Waals surface area contributed by atoms with Crippen molar-refractivity contribution in [1.82, 2.24) is 77.8 Å². The van der Waals surface area contributed by atoms with Crippen LogP contribution in [-0.4, -0.2) is 178 Å². The van der Waals surface area contributed by atoms with Gasteiger partial charge < -0.3 is 79.3 Å². The Hall–Kier alpha value is -11.7. The highest BCUT2D eigenvalue weighted by Gasteiger charge is 2.39. The van der Waals surface area contributed by atoms with Gasteiger partial charge >= 0.3 is 0 Å². The number of ketones is 4. The predicted octanol–water partition coefficient (Wildman–Crippen LogP) is 2.68. The van der Waals surface area contributed by atoms with Gasteiger partial charge in [0.1, 0.15) is 59.6 Å². The molecule has 0 unspecified atom stereocenters. The first kappa shape index (κ1) is 80.8. The molecule has 12 atom stereocenters. The van der Waals surface area contributed by atoms with E-state index < -0.39 is 181 Å². The molecule has 4 aromatic carbocycles. The maximum Gasteiger partial charge on any atom is 0.245 e. The molecule has 8 aromatic rings. The van der Waals surface area contributed by atoms with Crippen LogP contribution in [-0.2, 0) is 96.1 Å². The average molecular weight is 1540 g/mol. The number of amidine groups is 1. The van der Waals surface area contributed by atoms with E-state index in [0.717, 1.165) is 32.5 Å². The van der Waals surface area contributed by atoms with Crippen molar-refractivity contribution in [2.24, 2.45) is 35.1 Å². The summed E-state index contributed by atoms with van der Waals surface area (Å²) in [5, 5.41) is 42.3. The van der Waals surface area contributed by atoms with Crippen molar-refractivity contribution < 1.29 is 57.5 Å². The van der Waals surface area contributed by atoms with Gasteiger partial charge in [-0.3, -0.25) is 68.4 Å². The zero-order chi connectivity index (χ0) is 78.4. The number of Topliss-reactive ketones (excluding diaryl/α,β-unsaturated/α-hetero) is 4. The summed E-state index contributed by atoms with van der Waals surface area (Å²) >= 11 is 0. The van der Waals surface area contributed by atoms with Gasteiger partial charge in [0, 0.05) is 147 Å². The van der Waals surface area contributed by atoms with Crippen molar-refractivity contribution in [2.45, 2.75) is 139 Å². The summed E-state index contributed by atoms with van der Waals surface area (Å²) in [6, 6.07) is 19.5. The second kappa shape index (κ2) is 38.9. The fourth-order valence-electron chi connectivity index (χ4n) is 13.3. The molecule has 19 N–H and O–H groups in total. The van der Waals surface area contributed by atoms with Gasteiger partial charge in [-0.05, 0) is 54.2 Å². The molecule has 33 heteroatoms. The maximum atomic E-state index is 15.7. The predicted molar refractivity (Wildman–Crippen MR) is 414 cm³/mol. The minimum atomic E-state index is -1.65. The molecule has 2 fully saturated rings. The third-order valence-electron chi connectivity index (χ3n) is 19.5. The fraction of sp³-hybridized carbons (Fsp3) is 0.377. The van der Waals surface area contributed by atoms with Crippen LogP contribution in [0.25, 0.3) is 21.8 Å². The molecule has 578 valence electrons. The Morgan fingerprint density at radius 1 is 0.445 bits per heavy atom. The van der Waals surface area contributed by atoms with Crippen LogP contribution >= 0.6 is 21.6 Å². The third kappa shape index (κ3) is 22.9. The van der Waals surface area contributed by atoms with Gasteiger partial charge in [0.15, 0.2) is 11.7 Å². The van der Waals surface area contributed by atoms with Crippen LogP contribution in [0.5, 0.6) is 0 Å². The molecule has 2 aliphatic rings. The van der Waals surface area contributed by atoms with Gasteiger partial charge in [0.05, 0.1) is 41.8 Å². The number of para-hydroxylation sites is 2. The molecule has 6 heterocycles. The van der Waals surface area contributed by atoms with E-state index in [1.807, 2.05) is 24.3 Å². The third-order valence-corrected chi connectivity index (χ3v) is 22.0. The minimum absolute atomic E-state index is 0.0601. The van der Waals surface area contributed by atoms with Gasteiger partial charge in [-0.15, -0.1) is 0 Å². The van der Waals surface area contributed by atoms with Crippen LogP contribution in [0, 0.1) is 34.5 Å². The molecular formula is C77H91N19O12S2. The average Bonchev–Trinajstić information content (AvgIpc) is 1.73. The van der Waals surface area contributed by atoms with Gasteiger partial charge in [-0.25, -0.2) is 9.97 Å².